The number of hydrogen-bond acceptors (Lipinski definition) is 1. The zero-order valence-electron chi connectivity index (χ0n) is 12.2. The maximum absolute atomic E-state index is 12.8. The molecule has 1 fully saturated rings. The Morgan fingerprint density at radius 3 is 2.37 bits per heavy atom. The molecule has 0 aromatic heterocycles. The highest BCUT2D eigenvalue weighted by molar-refractivity contribution is 7.38. The highest BCUT2D eigenvalue weighted by Crippen LogP contribution is 2.33. The van der Waals surface area contributed by atoms with Crippen molar-refractivity contribution in [3.8, 4) is 0 Å². The highest BCUT2D eigenvalue weighted by Gasteiger charge is 2.46. The Kier molecular flexibility index (Phi) is 4.13. The van der Waals surface area contributed by atoms with Crippen molar-refractivity contribution in [3.63, 3.8) is 0 Å². The van der Waals surface area contributed by atoms with Gasteiger partial charge < -0.3 is 4.43 Å². The van der Waals surface area contributed by atoms with Crippen LogP contribution < -0.4 is 0 Å². The molecule has 0 N–H and O–H groups in total. The van der Waals surface area contributed by atoms with E-state index in [1.54, 1.807) is 12.1 Å². The zero-order chi connectivity index (χ0) is 14.1. The van der Waals surface area contributed by atoms with E-state index in [0.717, 1.165) is 12.0 Å². The molecule has 1 aliphatic rings. The van der Waals surface area contributed by atoms with Crippen molar-refractivity contribution in [2.75, 3.05) is 0 Å². The van der Waals surface area contributed by atoms with Gasteiger partial charge in [-0.3, -0.25) is 0 Å². The Bertz CT molecular complexity index is 466. The van der Waals surface area contributed by atoms with Crippen LogP contribution in [0.1, 0.15) is 12.0 Å². The SMILES string of the molecule is C[Si]1(C)CCC(C=Cc2ccc(F)cc2)O[Si]1(C)C. The normalized spacial score (nSPS) is 25.6. The summed E-state index contributed by atoms with van der Waals surface area (Å²) in [5.74, 6) is -0.188. The summed E-state index contributed by atoms with van der Waals surface area (Å²) in [4.78, 5) is 0. The first-order chi connectivity index (χ1) is 8.80. The molecule has 1 saturated heterocycles. The largest absolute Gasteiger partial charge is 0.414 e. The first-order valence-electron chi connectivity index (χ1n) is 6.92. The van der Waals surface area contributed by atoms with E-state index in [0.29, 0.717) is 0 Å². The summed E-state index contributed by atoms with van der Waals surface area (Å²) in [5, 5.41) is 0. The van der Waals surface area contributed by atoms with Crippen LogP contribution in [0.4, 0.5) is 4.39 Å². The second kappa shape index (κ2) is 5.34. The molecule has 2 rings (SSSR count). The fraction of sp³-hybridized carbons (Fsp3) is 0.467. The number of benzene rings is 1. The molecule has 1 nitrogen and oxygen atoms in total. The van der Waals surface area contributed by atoms with Crippen LogP contribution in [0.5, 0.6) is 0 Å². The van der Waals surface area contributed by atoms with Gasteiger partial charge in [0, 0.05) is 0 Å². The molecule has 0 radical (unpaired) electrons. The lowest BCUT2D eigenvalue weighted by atomic mass is 10.1. The monoisotopic (exact) mass is 294 g/mol. The van der Waals surface area contributed by atoms with Crippen molar-refractivity contribution in [1.29, 1.82) is 0 Å². The third-order valence-electron chi connectivity index (χ3n) is 4.50. The Morgan fingerprint density at radius 2 is 1.79 bits per heavy atom. The summed E-state index contributed by atoms with van der Waals surface area (Å²) in [5.41, 5.74) is 1.03. The van der Waals surface area contributed by atoms with E-state index in [1.807, 2.05) is 0 Å². The molecule has 0 bridgehead atoms. The predicted octanol–water partition coefficient (Wildman–Crippen LogP) is 4.62. The van der Waals surface area contributed by atoms with E-state index in [2.05, 4.69) is 38.3 Å². The molecule has 0 aliphatic carbocycles. The zero-order valence-corrected chi connectivity index (χ0v) is 14.2. The van der Waals surface area contributed by atoms with E-state index in [9.17, 15) is 4.39 Å². The summed E-state index contributed by atoms with van der Waals surface area (Å²) in [6.07, 6.45) is 5.57. The fourth-order valence-corrected chi connectivity index (χ4v) is 8.86. The molecule has 1 heterocycles. The Labute approximate surface area is 117 Å². The Balaban J connectivity index is 2.03. The number of hydrogen-bond donors (Lipinski definition) is 0. The van der Waals surface area contributed by atoms with Crippen LogP contribution in [0.25, 0.3) is 6.08 Å². The van der Waals surface area contributed by atoms with Crippen molar-refractivity contribution in [1.82, 2.24) is 0 Å². The first-order valence-corrected chi connectivity index (χ1v) is 14.0. The van der Waals surface area contributed by atoms with Crippen LogP contribution in [0.2, 0.25) is 32.2 Å². The maximum Gasteiger partial charge on any atom is 0.174 e. The molecular formula is C15H23FOSi2. The van der Waals surface area contributed by atoms with Crippen LogP contribution >= 0.6 is 0 Å². The summed E-state index contributed by atoms with van der Waals surface area (Å²) < 4.78 is 19.2. The smallest absolute Gasteiger partial charge is 0.174 e. The van der Waals surface area contributed by atoms with E-state index in [4.69, 9.17) is 4.43 Å². The average molecular weight is 295 g/mol. The molecule has 1 unspecified atom stereocenters. The van der Waals surface area contributed by atoms with Gasteiger partial charge in [0.15, 0.2) is 7.83 Å². The molecule has 1 atom stereocenters. The van der Waals surface area contributed by atoms with Gasteiger partial charge in [-0.2, -0.15) is 0 Å². The third-order valence-corrected chi connectivity index (χ3v) is 21.1. The standard InChI is InChI=1S/C15H23FOSi2/c1-18(2)12-11-15(17-19(18,3)4)10-7-13-5-8-14(16)9-6-13/h5-10,15H,11-12H2,1-4H3. The lowest BCUT2D eigenvalue weighted by molar-refractivity contribution is 0.235. The third kappa shape index (κ3) is 3.43. The summed E-state index contributed by atoms with van der Waals surface area (Å²) in [7, 11) is -2.64. The number of halogens is 1. The highest BCUT2D eigenvalue weighted by atomic mass is 29.3. The van der Waals surface area contributed by atoms with E-state index in [-0.39, 0.29) is 11.9 Å². The molecule has 0 spiro atoms. The summed E-state index contributed by atoms with van der Waals surface area (Å²) in [6.45, 7) is 9.63. The van der Waals surface area contributed by atoms with E-state index >= 15 is 0 Å². The quantitative estimate of drug-likeness (QED) is 0.723. The Hall–Kier alpha value is -0.716. The molecule has 4 heteroatoms. The fourth-order valence-electron chi connectivity index (χ4n) is 2.33. The predicted molar refractivity (Wildman–Crippen MR) is 84.7 cm³/mol. The lowest BCUT2D eigenvalue weighted by Crippen LogP contribution is -2.61. The molecule has 104 valence electrons. The number of rotatable bonds is 2. The van der Waals surface area contributed by atoms with E-state index < -0.39 is 15.4 Å². The van der Waals surface area contributed by atoms with Gasteiger partial charge in [-0.05, 0) is 37.2 Å². The molecule has 1 aromatic rings. The van der Waals surface area contributed by atoms with Crippen LogP contribution in [-0.4, -0.2) is 21.5 Å². The molecule has 19 heavy (non-hydrogen) atoms. The molecular weight excluding hydrogens is 271 g/mol. The minimum Gasteiger partial charge on any atom is -0.414 e. The second-order valence-electron chi connectivity index (χ2n) is 6.50. The lowest BCUT2D eigenvalue weighted by Gasteiger charge is -2.45. The van der Waals surface area contributed by atoms with Crippen LogP contribution in [0.15, 0.2) is 30.3 Å². The molecule has 0 saturated carbocycles. The van der Waals surface area contributed by atoms with Gasteiger partial charge in [-0.25, -0.2) is 4.39 Å². The van der Waals surface area contributed by atoms with Crippen molar-refractivity contribution >= 4 is 21.5 Å². The minimum atomic E-state index is -1.50. The second-order valence-corrected chi connectivity index (χ2v) is 21.7. The summed E-state index contributed by atoms with van der Waals surface area (Å²) >= 11 is 0. The van der Waals surface area contributed by atoms with Crippen molar-refractivity contribution < 1.29 is 8.82 Å². The van der Waals surface area contributed by atoms with Gasteiger partial charge in [0.25, 0.3) is 0 Å². The molecule has 1 aliphatic heterocycles. The van der Waals surface area contributed by atoms with Gasteiger partial charge in [0.2, 0.25) is 0 Å². The minimum absolute atomic E-state index is 0.188. The van der Waals surface area contributed by atoms with Crippen molar-refractivity contribution in [2.45, 2.75) is 44.8 Å². The topological polar surface area (TPSA) is 9.23 Å². The van der Waals surface area contributed by atoms with Crippen molar-refractivity contribution in [2.24, 2.45) is 0 Å². The van der Waals surface area contributed by atoms with E-state index in [1.165, 1.54) is 18.2 Å². The van der Waals surface area contributed by atoms with Gasteiger partial charge in [0.05, 0.1) is 13.7 Å². The van der Waals surface area contributed by atoms with Crippen LogP contribution in [0, 0.1) is 5.82 Å². The average Bonchev–Trinajstić information content (AvgIpc) is 2.33. The molecule has 1 aromatic carbocycles. The maximum atomic E-state index is 12.8. The van der Waals surface area contributed by atoms with Gasteiger partial charge in [-0.15, -0.1) is 0 Å². The van der Waals surface area contributed by atoms with Crippen molar-refractivity contribution in [3.05, 3.63) is 41.7 Å². The first kappa shape index (κ1) is 14.7. The summed E-state index contributed by atoms with van der Waals surface area (Å²) in [6, 6.07) is 7.95. The van der Waals surface area contributed by atoms with Gasteiger partial charge in [0.1, 0.15) is 5.82 Å². The molecule has 0 amide bonds. The van der Waals surface area contributed by atoms with Crippen LogP contribution in [-0.2, 0) is 4.43 Å². The van der Waals surface area contributed by atoms with Gasteiger partial charge in [-0.1, -0.05) is 43.4 Å². The van der Waals surface area contributed by atoms with Gasteiger partial charge >= 0.3 is 0 Å². The van der Waals surface area contributed by atoms with Crippen LogP contribution in [0.3, 0.4) is 0 Å². The Morgan fingerprint density at radius 1 is 1.16 bits per heavy atom.